The van der Waals surface area contributed by atoms with Crippen LogP contribution in [0.2, 0.25) is 0 Å². The second-order valence-electron chi connectivity index (χ2n) is 4.67. The van der Waals surface area contributed by atoms with Crippen LogP contribution < -0.4 is 5.73 Å². The maximum absolute atomic E-state index is 11.1. The van der Waals surface area contributed by atoms with Crippen molar-refractivity contribution in [3.63, 3.8) is 0 Å². The summed E-state index contributed by atoms with van der Waals surface area (Å²) in [6.07, 6.45) is 1.14. The minimum absolute atomic E-state index is 0.0767. The molecule has 1 atom stereocenters. The molecule has 2 rings (SSSR count). The monoisotopic (exact) mass is 282 g/mol. The molecule has 0 aromatic heterocycles. The summed E-state index contributed by atoms with van der Waals surface area (Å²) in [6, 6.07) is 17.1. The molecule has 2 aromatic rings. The standard InChI is InChI=1S/C16H14N2O3/c17-16(15(20)21,18-11-19)10-12-6-8-14(9-7-12)13-4-2-1-3-5-13/h1-9H,10,17H2,(H,20,21). The third-order valence-corrected chi connectivity index (χ3v) is 3.15. The van der Waals surface area contributed by atoms with Crippen molar-refractivity contribution in [2.75, 3.05) is 0 Å². The molecule has 5 nitrogen and oxygen atoms in total. The highest BCUT2D eigenvalue weighted by Gasteiger charge is 2.34. The van der Waals surface area contributed by atoms with Crippen LogP contribution in [0.15, 0.2) is 59.6 Å². The first-order valence-corrected chi connectivity index (χ1v) is 6.31. The number of aliphatic carboxylic acids is 1. The van der Waals surface area contributed by atoms with Crippen LogP contribution in [0.5, 0.6) is 0 Å². The smallest absolute Gasteiger partial charge is 0.347 e. The van der Waals surface area contributed by atoms with E-state index in [1.54, 1.807) is 12.1 Å². The van der Waals surface area contributed by atoms with Crippen LogP contribution in [-0.4, -0.2) is 22.8 Å². The zero-order valence-electron chi connectivity index (χ0n) is 11.2. The van der Waals surface area contributed by atoms with E-state index in [1.807, 2.05) is 42.5 Å². The molecule has 21 heavy (non-hydrogen) atoms. The van der Waals surface area contributed by atoms with Gasteiger partial charge in [0.2, 0.25) is 11.7 Å². The average Bonchev–Trinajstić information content (AvgIpc) is 2.49. The van der Waals surface area contributed by atoms with Crippen LogP contribution >= 0.6 is 0 Å². The number of rotatable bonds is 5. The molecule has 0 aliphatic rings. The summed E-state index contributed by atoms with van der Waals surface area (Å²) in [5.74, 6) is -1.36. The lowest BCUT2D eigenvalue weighted by Crippen LogP contribution is -2.48. The Hall–Kier alpha value is -2.75. The van der Waals surface area contributed by atoms with E-state index in [2.05, 4.69) is 4.99 Å². The number of isocyanates is 1. The molecule has 106 valence electrons. The number of nitrogens with zero attached hydrogens (tertiary/aromatic N) is 1. The minimum Gasteiger partial charge on any atom is -0.478 e. The van der Waals surface area contributed by atoms with Gasteiger partial charge in [-0.2, -0.15) is 4.99 Å². The van der Waals surface area contributed by atoms with E-state index >= 15 is 0 Å². The number of carbonyl (C=O) groups is 1. The molecule has 2 aromatic carbocycles. The molecule has 5 heteroatoms. The number of carbonyl (C=O) groups excluding carboxylic acids is 1. The molecule has 0 aliphatic carbocycles. The first-order chi connectivity index (χ1) is 10.0. The normalized spacial score (nSPS) is 13.0. The number of hydrogen-bond donors (Lipinski definition) is 2. The molecular formula is C16H14N2O3. The Balaban J connectivity index is 2.23. The first kappa shape index (κ1) is 14.7. The Kier molecular flexibility index (Phi) is 4.28. The van der Waals surface area contributed by atoms with Crippen molar-refractivity contribution in [2.45, 2.75) is 12.1 Å². The number of carboxylic acid groups (broad SMARTS) is 1. The summed E-state index contributed by atoms with van der Waals surface area (Å²) >= 11 is 0. The molecule has 3 N–H and O–H groups in total. The summed E-state index contributed by atoms with van der Waals surface area (Å²) in [5.41, 5.74) is 6.38. The number of benzene rings is 2. The summed E-state index contributed by atoms with van der Waals surface area (Å²) in [5, 5.41) is 9.06. The molecule has 0 bridgehead atoms. The van der Waals surface area contributed by atoms with Crippen molar-refractivity contribution in [1.29, 1.82) is 0 Å². The Morgan fingerprint density at radius 2 is 1.67 bits per heavy atom. The summed E-state index contributed by atoms with van der Waals surface area (Å²) in [4.78, 5) is 24.6. The van der Waals surface area contributed by atoms with Gasteiger partial charge in [-0.05, 0) is 16.7 Å². The zero-order chi connectivity index (χ0) is 15.3. The quantitative estimate of drug-likeness (QED) is 0.647. The SMILES string of the molecule is NC(Cc1ccc(-c2ccccc2)cc1)(N=C=O)C(=O)O. The summed E-state index contributed by atoms with van der Waals surface area (Å²) in [7, 11) is 0. The minimum atomic E-state index is -1.98. The van der Waals surface area contributed by atoms with Gasteiger partial charge in [0, 0.05) is 6.42 Å². The number of carboxylic acids is 1. The zero-order valence-corrected chi connectivity index (χ0v) is 11.2. The molecular weight excluding hydrogens is 268 g/mol. The van der Waals surface area contributed by atoms with E-state index in [1.165, 1.54) is 6.08 Å². The summed E-state index contributed by atoms with van der Waals surface area (Å²) in [6.45, 7) is 0. The average molecular weight is 282 g/mol. The van der Waals surface area contributed by atoms with E-state index in [0.717, 1.165) is 11.1 Å². The molecule has 0 spiro atoms. The fourth-order valence-corrected chi connectivity index (χ4v) is 2.00. The van der Waals surface area contributed by atoms with Crippen molar-refractivity contribution in [3.8, 4) is 11.1 Å². The topological polar surface area (TPSA) is 92.8 Å². The third-order valence-electron chi connectivity index (χ3n) is 3.15. The molecule has 0 amide bonds. The number of aliphatic imine (C=N–C) groups is 1. The van der Waals surface area contributed by atoms with Gasteiger partial charge < -0.3 is 5.11 Å². The van der Waals surface area contributed by atoms with Crippen molar-refractivity contribution in [3.05, 3.63) is 60.2 Å². The molecule has 0 aliphatic heterocycles. The third kappa shape index (κ3) is 3.42. The van der Waals surface area contributed by atoms with Crippen molar-refractivity contribution in [1.82, 2.24) is 0 Å². The van der Waals surface area contributed by atoms with Gasteiger partial charge in [-0.15, -0.1) is 0 Å². The highest BCUT2D eigenvalue weighted by Crippen LogP contribution is 2.21. The lowest BCUT2D eigenvalue weighted by molar-refractivity contribution is -0.143. The van der Waals surface area contributed by atoms with Gasteiger partial charge in [-0.25, -0.2) is 9.59 Å². The maximum Gasteiger partial charge on any atom is 0.347 e. The van der Waals surface area contributed by atoms with E-state index in [-0.39, 0.29) is 6.42 Å². The van der Waals surface area contributed by atoms with E-state index in [4.69, 9.17) is 10.8 Å². The molecule has 0 fully saturated rings. The number of hydrogen-bond acceptors (Lipinski definition) is 4. The fourth-order valence-electron chi connectivity index (χ4n) is 2.00. The molecule has 0 saturated carbocycles. The summed E-state index contributed by atoms with van der Waals surface area (Å²) < 4.78 is 0. The lowest BCUT2D eigenvalue weighted by atomic mass is 9.98. The molecule has 1 unspecified atom stereocenters. The van der Waals surface area contributed by atoms with E-state index in [9.17, 15) is 9.59 Å². The van der Waals surface area contributed by atoms with Crippen molar-refractivity contribution < 1.29 is 14.7 Å². The maximum atomic E-state index is 11.1. The van der Waals surface area contributed by atoms with E-state index in [0.29, 0.717) is 5.56 Å². The Morgan fingerprint density at radius 1 is 1.10 bits per heavy atom. The van der Waals surface area contributed by atoms with Crippen LogP contribution in [0, 0.1) is 0 Å². The lowest BCUT2D eigenvalue weighted by Gasteiger charge is -2.18. The molecule has 0 saturated heterocycles. The highest BCUT2D eigenvalue weighted by atomic mass is 16.4. The second-order valence-corrected chi connectivity index (χ2v) is 4.67. The largest absolute Gasteiger partial charge is 0.478 e. The first-order valence-electron chi connectivity index (χ1n) is 6.31. The Bertz CT molecular complexity index is 672. The van der Waals surface area contributed by atoms with Gasteiger partial charge in [0.05, 0.1) is 0 Å². The second kappa shape index (κ2) is 6.13. The van der Waals surface area contributed by atoms with E-state index < -0.39 is 11.6 Å². The van der Waals surface area contributed by atoms with Crippen LogP contribution in [-0.2, 0) is 16.0 Å². The van der Waals surface area contributed by atoms with Crippen LogP contribution in [0.4, 0.5) is 0 Å². The van der Waals surface area contributed by atoms with Gasteiger partial charge in [0.25, 0.3) is 0 Å². The Morgan fingerprint density at radius 3 is 2.19 bits per heavy atom. The van der Waals surface area contributed by atoms with Crippen molar-refractivity contribution in [2.24, 2.45) is 10.7 Å². The molecule has 0 radical (unpaired) electrons. The Labute approximate surface area is 121 Å². The van der Waals surface area contributed by atoms with Crippen LogP contribution in [0.25, 0.3) is 11.1 Å². The van der Waals surface area contributed by atoms with Gasteiger partial charge in [-0.1, -0.05) is 54.6 Å². The highest BCUT2D eigenvalue weighted by molar-refractivity contribution is 5.79. The number of nitrogens with two attached hydrogens (primary N) is 1. The van der Waals surface area contributed by atoms with Crippen LogP contribution in [0.1, 0.15) is 5.56 Å². The van der Waals surface area contributed by atoms with Crippen molar-refractivity contribution >= 4 is 12.0 Å². The predicted molar refractivity (Wildman–Crippen MR) is 78.3 cm³/mol. The van der Waals surface area contributed by atoms with Crippen LogP contribution in [0.3, 0.4) is 0 Å². The fraction of sp³-hybridized carbons (Fsp3) is 0.125. The van der Waals surface area contributed by atoms with Gasteiger partial charge >= 0.3 is 5.97 Å². The van der Waals surface area contributed by atoms with Gasteiger partial charge in [0.1, 0.15) is 0 Å². The van der Waals surface area contributed by atoms with Gasteiger partial charge in [0.15, 0.2) is 0 Å². The predicted octanol–water partition coefficient (Wildman–Crippen LogP) is 1.97. The molecule has 0 heterocycles. The van der Waals surface area contributed by atoms with Gasteiger partial charge in [-0.3, -0.25) is 5.73 Å².